The molecule has 3 rings (SSSR count). The number of benzene rings is 2. The normalized spacial score (nSPS) is 15.4. The highest BCUT2D eigenvalue weighted by Crippen LogP contribution is 2.45. The lowest BCUT2D eigenvalue weighted by atomic mass is 10.1. The van der Waals surface area contributed by atoms with E-state index < -0.39 is 0 Å². The lowest BCUT2D eigenvalue weighted by molar-refractivity contribution is 0.247. The molecule has 0 atom stereocenters. The third kappa shape index (κ3) is 2.67. The van der Waals surface area contributed by atoms with Crippen molar-refractivity contribution in [2.75, 3.05) is 5.32 Å². The molecule has 0 unspecified atom stereocenters. The predicted octanol–water partition coefficient (Wildman–Crippen LogP) is 3.81. The van der Waals surface area contributed by atoms with Crippen LogP contribution < -0.4 is 10.6 Å². The van der Waals surface area contributed by atoms with Crippen LogP contribution in [0.2, 0.25) is 0 Å². The molecule has 102 valence electrons. The minimum atomic E-state index is -0.171. The van der Waals surface area contributed by atoms with E-state index in [1.165, 1.54) is 5.56 Å². The summed E-state index contributed by atoms with van der Waals surface area (Å²) in [6.07, 6.45) is 2.00. The smallest absolute Gasteiger partial charge is 0.319 e. The van der Waals surface area contributed by atoms with Crippen molar-refractivity contribution in [1.82, 2.24) is 5.32 Å². The van der Waals surface area contributed by atoms with Gasteiger partial charge in [0.25, 0.3) is 0 Å². The molecule has 0 radical (unpaired) electrons. The van der Waals surface area contributed by atoms with Gasteiger partial charge in [-0.15, -0.1) is 0 Å². The van der Waals surface area contributed by atoms with Crippen LogP contribution >= 0.6 is 0 Å². The molecule has 1 aliphatic rings. The van der Waals surface area contributed by atoms with Crippen molar-refractivity contribution in [1.29, 1.82) is 0 Å². The molecule has 0 aliphatic heterocycles. The van der Waals surface area contributed by atoms with E-state index in [9.17, 15) is 4.79 Å². The highest BCUT2D eigenvalue weighted by molar-refractivity contribution is 5.90. The number of carbonyl (C=O) groups excluding carboxylic acids is 1. The largest absolute Gasteiger partial charge is 0.328 e. The van der Waals surface area contributed by atoms with Gasteiger partial charge in [-0.2, -0.15) is 0 Å². The Kier molecular flexibility index (Phi) is 3.18. The minimum Gasteiger partial charge on any atom is -0.328 e. The standard InChI is InChI=1S/C17H18N2O/c1-13-6-5-9-15(12-13)18-16(20)19-17(10-11-17)14-7-3-2-4-8-14/h2-9,12H,10-11H2,1H3,(H2,18,19,20). The molecule has 2 aromatic rings. The summed E-state index contributed by atoms with van der Waals surface area (Å²) in [6.45, 7) is 2.01. The molecule has 0 spiro atoms. The summed E-state index contributed by atoms with van der Waals surface area (Å²) in [6, 6.07) is 17.8. The zero-order chi connectivity index (χ0) is 14.0. The number of aryl methyl sites for hydroxylation is 1. The lowest BCUT2D eigenvalue weighted by Crippen LogP contribution is -2.38. The third-order valence-corrected chi connectivity index (χ3v) is 3.71. The molecule has 3 nitrogen and oxygen atoms in total. The van der Waals surface area contributed by atoms with Crippen molar-refractivity contribution >= 4 is 11.7 Å². The fraction of sp³-hybridized carbons (Fsp3) is 0.235. The monoisotopic (exact) mass is 266 g/mol. The number of hydrogen-bond acceptors (Lipinski definition) is 1. The summed E-state index contributed by atoms with van der Waals surface area (Å²) >= 11 is 0. The fourth-order valence-electron chi connectivity index (χ4n) is 2.47. The van der Waals surface area contributed by atoms with Gasteiger partial charge < -0.3 is 10.6 Å². The van der Waals surface area contributed by atoms with Gasteiger partial charge in [-0.3, -0.25) is 0 Å². The van der Waals surface area contributed by atoms with E-state index in [-0.39, 0.29) is 11.6 Å². The highest BCUT2D eigenvalue weighted by Gasteiger charge is 2.45. The number of urea groups is 1. The Balaban J connectivity index is 1.68. The molecule has 2 amide bonds. The predicted molar refractivity (Wildman–Crippen MR) is 80.7 cm³/mol. The lowest BCUT2D eigenvalue weighted by Gasteiger charge is -2.18. The Hall–Kier alpha value is -2.29. The summed E-state index contributed by atoms with van der Waals surface area (Å²) in [7, 11) is 0. The molecular formula is C17H18N2O. The van der Waals surface area contributed by atoms with Crippen molar-refractivity contribution in [3.8, 4) is 0 Å². The fourth-order valence-corrected chi connectivity index (χ4v) is 2.47. The second-order valence-corrected chi connectivity index (χ2v) is 5.40. The second-order valence-electron chi connectivity index (χ2n) is 5.40. The maximum absolute atomic E-state index is 12.1. The quantitative estimate of drug-likeness (QED) is 0.871. The molecule has 0 aromatic heterocycles. The molecule has 2 N–H and O–H groups in total. The Morgan fingerprint density at radius 3 is 2.45 bits per heavy atom. The SMILES string of the molecule is Cc1cccc(NC(=O)NC2(c3ccccc3)CC2)c1. The molecular weight excluding hydrogens is 248 g/mol. The van der Waals surface area contributed by atoms with Gasteiger partial charge >= 0.3 is 6.03 Å². The van der Waals surface area contributed by atoms with Gasteiger partial charge in [-0.1, -0.05) is 42.5 Å². The van der Waals surface area contributed by atoms with Crippen LogP contribution in [0.15, 0.2) is 54.6 Å². The van der Waals surface area contributed by atoms with Gasteiger partial charge in [-0.25, -0.2) is 4.79 Å². The first-order valence-corrected chi connectivity index (χ1v) is 6.89. The Morgan fingerprint density at radius 1 is 1.05 bits per heavy atom. The Bertz CT molecular complexity index is 618. The molecule has 20 heavy (non-hydrogen) atoms. The number of hydrogen-bond donors (Lipinski definition) is 2. The van der Waals surface area contributed by atoms with E-state index in [1.807, 2.05) is 49.4 Å². The van der Waals surface area contributed by atoms with E-state index in [0.29, 0.717) is 0 Å². The van der Waals surface area contributed by atoms with Crippen LogP contribution in [-0.4, -0.2) is 6.03 Å². The average molecular weight is 266 g/mol. The van der Waals surface area contributed by atoms with Crippen LogP contribution in [0.1, 0.15) is 24.0 Å². The minimum absolute atomic E-state index is 0.142. The van der Waals surface area contributed by atoms with Crippen molar-refractivity contribution in [2.24, 2.45) is 0 Å². The molecule has 0 saturated heterocycles. The summed E-state index contributed by atoms with van der Waals surface area (Å²) in [5, 5.41) is 6.00. The Morgan fingerprint density at radius 2 is 1.80 bits per heavy atom. The van der Waals surface area contributed by atoms with Crippen LogP contribution in [0.25, 0.3) is 0 Å². The van der Waals surface area contributed by atoms with E-state index in [1.54, 1.807) is 0 Å². The topological polar surface area (TPSA) is 41.1 Å². The van der Waals surface area contributed by atoms with Gasteiger partial charge in [0.1, 0.15) is 0 Å². The zero-order valence-corrected chi connectivity index (χ0v) is 11.5. The number of anilines is 1. The molecule has 0 heterocycles. The van der Waals surface area contributed by atoms with E-state index in [4.69, 9.17) is 0 Å². The summed E-state index contributed by atoms with van der Waals surface area (Å²) in [4.78, 5) is 12.1. The van der Waals surface area contributed by atoms with Crippen LogP contribution in [0.5, 0.6) is 0 Å². The van der Waals surface area contributed by atoms with Gasteiger partial charge in [0.15, 0.2) is 0 Å². The zero-order valence-electron chi connectivity index (χ0n) is 11.5. The maximum Gasteiger partial charge on any atom is 0.319 e. The first kappa shape index (κ1) is 12.7. The molecule has 2 aromatic carbocycles. The van der Waals surface area contributed by atoms with Gasteiger partial charge in [0.05, 0.1) is 5.54 Å². The van der Waals surface area contributed by atoms with Gasteiger partial charge in [-0.05, 0) is 43.0 Å². The van der Waals surface area contributed by atoms with Crippen LogP contribution in [-0.2, 0) is 5.54 Å². The average Bonchev–Trinajstić information content (AvgIpc) is 3.20. The first-order valence-electron chi connectivity index (χ1n) is 6.89. The molecule has 1 saturated carbocycles. The second kappa shape index (κ2) is 5.00. The number of carbonyl (C=O) groups is 1. The highest BCUT2D eigenvalue weighted by atomic mass is 16.2. The number of rotatable bonds is 3. The summed E-state index contributed by atoms with van der Waals surface area (Å²) in [5.41, 5.74) is 2.97. The van der Waals surface area contributed by atoms with E-state index in [0.717, 1.165) is 24.1 Å². The summed E-state index contributed by atoms with van der Waals surface area (Å²) < 4.78 is 0. The molecule has 3 heteroatoms. The van der Waals surface area contributed by atoms with Crippen molar-refractivity contribution in [3.05, 3.63) is 65.7 Å². The number of nitrogens with one attached hydrogen (secondary N) is 2. The van der Waals surface area contributed by atoms with Crippen molar-refractivity contribution < 1.29 is 4.79 Å². The third-order valence-electron chi connectivity index (χ3n) is 3.71. The van der Waals surface area contributed by atoms with Crippen LogP contribution in [0, 0.1) is 6.92 Å². The first-order chi connectivity index (χ1) is 9.68. The summed E-state index contributed by atoms with van der Waals surface area (Å²) in [5.74, 6) is 0. The van der Waals surface area contributed by atoms with E-state index >= 15 is 0 Å². The van der Waals surface area contributed by atoms with E-state index in [2.05, 4.69) is 22.8 Å². The molecule has 1 fully saturated rings. The van der Waals surface area contributed by atoms with Crippen molar-refractivity contribution in [3.63, 3.8) is 0 Å². The van der Waals surface area contributed by atoms with Crippen LogP contribution in [0.4, 0.5) is 10.5 Å². The maximum atomic E-state index is 12.1. The van der Waals surface area contributed by atoms with Gasteiger partial charge in [0.2, 0.25) is 0 Å². The number of amides is 2. The molecule has 1 aliphatic carbocycles. The Labute approximate surface area is 119 Å². The van der Waals surface area contributed by atoms with Gasteiger partial charge in [0, 0.05) is 5.69 Å². The van der Waals surface area contributed by atoms with Crippen molar-refractivity contribution in [2.45, 2.75) is 25.3 Å². The van der Waals surface area contributed by atoms with Crippen LogP contribution in [0.3, 0.4) is 0 Å². The molecule has 0 bridgehead atoms.